The van der Waals surface area contributed by atoms with Crippen molar-refractivity contribution in [3.63, 3.8) is 0 Å². The first kappa shape index (κ1) is 18.8. The third kappa shape index (κ3) is 5.71. The monoisotopic (exact) mass is 370 g/mol. The molecule has 4 nitrogen and oxygen atoms in total. The highest BCUT2D eigenvalue weighted by Gasteiger charge is 2.25. The smallest absolute Gasteiger partial charge is 0.220 e. The van der Waals surface area contributed by atoms with Gasteiger partial charge in [0.15, 0.2) is 0 Å². The van der Waals surface area contributed by atoms with Crippen molar-refractivity contribution in [3.8, 4) is 5.75 Å². The average molecular weight is 371 g/mol. The van der Waals surface area contributed by atoms with Crippen LogP contribution in [-0.2, 0) is 11.3 Å². The van der Waals surface area contributed by atoms with E-state index in [-0.39, 0.29) is 5.91 Å². The molecule has 2 aliphatic carbocycles. The van der Waals surface area contributed by atoms with Gasteiger partial charge in [0.05, 0.1) is 6.10 Å². The van der Waals surface area contributed by atoms with Crippen LogP contribution in [0.4, 0.5) is 0 Å². The zero-order chi connectivity index (χ0) is 18.5. The van der Waals surface area contributed by atoms with E-state index in [2.05, 4.69) is 34.5 Å². The Labute approximate surface area is 163 Å². The molecule has 1 aromatic carbocycles. The lowest BCUT2D eigenvalue weighted by atomic mass is 9.93. The lowest BCUT2D eigenvalue weighted by Gasteiger charge is -2.33. The van der Waals surface area contributed by atoms with Crippen molar-refractivity contribution in [2.45, 2.75) is 82.9 Å². The Kier molecular flexibility index (Phi) is 6.33. The topological polar surface area (TPSA) is 41.6 Å². The van der Waals surface area contributed by atoms with Gasteiger partial charge in [-0.2, -0.15) is 0 Å². The van der Waals surface area contributed by atoms with Gasteiger partial charge in [-0.05, 0) is 76.3 Å². The van der Waals surface area contributed by atoms with Crippen LogP contribution in [-0.4, -0.2) is 36.0 Å². The molecule has 1 atom stereocenters. The van der Waals surface area contributed by atoms with Crippen molar-refractivity contribution in [2.24, 2.45) is 5.92 Å². The normalized spacial score (nSPS) is 24.1. The van der Waals surface area contributed by atoms with Gasteiger partial charge >= 0.3 is 0 Å². The SMILES string of the molecule is O=C(CCC1CCCN(Cc2ccccc2OC2CCCC2)C1)NC1CC1. The van der Waals surface area contributed by atoms with E-state index < -0.39 is 0 Å². The summed E-state index contributed by atoms with van der Waals surface area (Å²) in [7, 11) is 0. The van der Waals surface area contributed by atoms with E-state index in [0.717, 1.165) is 31.8 Å². The number of carbonyl (C=O) groups excluding carboxylic acids is 1. The average Bonchev–Trinajstić information content (AvgIpc) is 3.34. The van der Waals surface area contributed by atoms with Crippen LogP contribution in [0.15, 0.2) is 24.3 Å². The molecule has 1 N–H and O–H groups in total. The molecule has 0 bridgehead atoms. The van der Waals surface area contributed by atoms with Crippen molar-refractivity contribution in [1.82, 2.24) is 10.2 Å². The van der Waals surface area contributed by atoms with Crippen LogP contribution in [0, 0.1) is 5.92 Å². The second-order valence-corrected chi connectivity index (χ2v) is 8.76. The number of rotatable bonds is 8. The minimum absolute atomic E-state index is 0.255. The molecule has 0 aromatic heterocycles. The Balaban J connectivity index is 1.27. The molecule has 4 rings (SSSR count). The Hall–Kier alpha value is -1.55. The molecule has 27 heavy (non-hydrogen) atoms. The number of hydrogen-bond acceptors (Lipinski definition) is 3. The summed E-state index contributed by atoms with van der Waals surface area (Å²) in [6.07, 6.45) is 12.0. The predicted octanol–water partition coefficient (Wildman–Crippen LogP) is 4.28. The predicted molar refractivity (Wildman–Crippen MR) is 108 cm³/mol. The fourth-order valence-electron chi connectivity index (χ4n) is 4.57. The van der Waals surface area contributed by atoms with Crippen LogP contribution in [0.5, 0.6) is 5.75 Å². The Morgan fingerprint density at radius 2 is 1.89 bits per heavy atom. The Bertz CT molecular complexity index is 623. The maximum Gasteiger partial charge on any atom is 0.220 e. The molecule has 0 spiro atoms. The van der Waals surface area contributed by atoms with Gasteiger partial charge in [0.25, 0.3) is 0 Å². The van der Waals surface area contributed by atoms with Gasteiger partial charge in [-0.25, -0.2) is 0 Å². The number of likely N-dealkylation sites (tertiary alicyclic amines) is 1. The second-order valence-electron chi connectivity index (χ2n) is 8.76. The zero-order valence-electron chi connectivity index (χ0n) is 16.5. The van der Waals surface area contributed by atoms with Crippen LogP contribution in [0.1, 0.15) is 69.8 Å². The van der Waals surface area contributed by atoms with E-state index in [9.17, 15) is 4.79 Å². The van der Waals surface area contributed by atoms with E-state index in [4.69, 9.17) is 4.74 Å². The molecule has 1 aliphatic heterocycles. The van der Waals surface area contributed by atoms with Crippen LogP contribution in [0.25, 0.3) is 0 Å². The number of piperidine rings is 1. The number of ether oxygens (including phenoxy) is 1. The van der Waals surface area contributed by atoms with Gasteiger partial charge < -0.3 is 10.1 Å². The highest BCUT2D eigenvalue weighted by Crippen LogP contribution is 2.29. The third-order valence-electron chi connectivity index (χ3n) is 6.29. The molecule has 1 heterocycles. The van der Waals surface area contributed by atoms with Crippen molar-refractivity contribution >= 4 is 5.91 Å². The third-order valence-corrected chi connectivity index (χ3v) is 6.29. The molecule has 3 fully saturated rings. The van der Waals surface area contributed by atoms with Gasteiger partial charge in [0, 0.05) is 31.1 Å². The lowest BCUT2D eigenvalue weighted by Crippen LogP contribution is -2.36. The van der Waals surface area contributed by atoms with E-state index in [1.807, 2.05) is 0 Å². The summed E-state index contributed by atoms with van der Waals surface area (Å²) in [6, 6.07) is 9.05. The zero-order valence-corrected chi connectivity index (χ0v) is 16.5. The summed E-state index contributed by atoms with van der Waals surface area (Å²) in [5.74, 6) is 1.98. The Morgan fingerprint density at radius 1 is 1.07 bits per heavy atom. The van der Waals surface area contributed by atoms with E-state index in [1.54, 1.807) is 0 Å². The molecule has 1 unspecified atom stereocenters. The fourth-order valence-corrected chi connectivity index (χ4v) is 4.57. The summed E-state index contributed by atoms with van der Waals surface area (Å²) in [5, 5.41) is 3.12. The van der Waals surface area contributed by atoms with Crippen LogP contribution >= 0.6 is 0 Å². The van der Waals surface area contributed by atoms with Gasteiger partial charge in [-0.1, -0.05) is 18.2 Å². The minimum atomic E-state index is 0.255. The van der Waals surface area contributed by atoms with Crippen molar-refractivity contribution < 1.29 is 9.53 Å². The highest BCUT2D eigenvalue weighted by atomic mass is 16.5. The quantitative estimate of drug-likeness (QED) is 0.743. The summed E-state index contributed by atoms with van der Waals surface area (Å²) in [5.41, 5.74) is 1.32. The number of amides is 1. The van der Waals surface area contributed by atoms with Gasteiger partial charge in [-0.15, -0.1) is 0 Å². The first-order valence-corrected chi connectivity index (χ1v) is 11.0. The number of para-hydroxylation sites is 1. The fraction of sp³-hybridized carbons (Fsp3) is 0.696. The molecule has 1 amide bonds. The van der Waals surface area contributed by atoms with E-state index in [0.29, 0.717) is 24.5 Å². The first-order chi connectivity index (χ1) is 13.3. The molecular formula is C23H34N2O2. The molecule has 1 aromatic rings. The summed E-state index contributed by atoms with van der Waals surface area (Å²) in [4.78, 5) is 14.5. The van der Waals surface area contributed by atoms with Crippen molar-refractivity contribution in [2.75, 3.05) is 13.1 Å². The van der Waals surface area contributed by atoms with Crippen LogP contribution < -0.4 is 10.1 Å². The van der Waals surface area contributed by atoms with Gasteiger partial charge in [-0.3, -0.25) is 9.69 Å². The van der Waals surface area contributed by atoms with Crippen LogP contribution in [0.3, 0.4) is 0 Å². The standard InChI is InChI=1S/C23H34N2O2/c26-23(24-20-12-13-20)14-11-18-6-5-15-25(16-18)17-19-7-1-4-10-22(19)27-21-8-2-3-9-21/h1,4,7,10,18,20-21H,2-3,5-6,8-9,11-17H2,(H,24,26). The number of carbonyl (C=O) groups is 1. The molecule has 0 radical (unpaired) electrons. The number of benzene rings is 1. The molecule has 1 saturated heterocycles. The van der Waals surface area contributed by atoms with Crippen molar-refractivity contribution in [1.29, 1.82) is 0 Å². The summed E-state index contributed by atoms with van der Waals surface area (Å²) in [6.45, 7) is 3.23. The minimum Gasteiger partial charge on any atom is -0.490 e. The highest BCUT2D eigenvalue weighted by molar-refractivity contribution is 5.76. The van der Waals surface area contributed by atoms with E-state index >= 15 is 0 Å². The van der Waals surface area contributed by atoms with Gasteiger partial charge in [0.2, 0.25) is 5.91 Å². The largest absolute Gasteiger partial charge is 0.490 e. The van der Waals surface area contributed by atoms with Crippen molar-refractivity contribution in [3.05, 3.63) is 29.8 Å². The molecule has 148 valence electrons. The number of nitrogens with zero attached hydrogens (tertiary/aromatic N) is 1. The second kappa shape index (κ2) is 9.09. The maximum absolute atomic E-state index is 12.0. The Morgan fingerprint density at radius 3 is 2.70 bits per heavy atom. The summed E-state index contributed by atoms with van der Waals surface area (Å²) < 4.78 is 6.32. The number of hydrogen-bond donors (Lipinski definition) is 1. The van der Waals surface area contributed by atoms with Crippen LogP contribution in [0.2, 0.25) is 0 Å². The summed E-state index contributed by atoms with van der Waals surface area (Å²) >= 11 is 0. The molecule has 2 saturated carbocycles. The van der Waals surface area contributed by atoms with Gasteiger partial charge in [0.1, 0.15) is 5.75 Å². The molecule has 4 heteroatoms. The molecule has 3 aliphatic rings. The number of nitrogens with one attached hydrogen (secondary N) is 1. The van der Waals surface area contributed by atoms with E-state index in [1.165, 1.54) is 56.9 Å². The maximum atomic E-state index is 12.0. The first-order valence-electron chi connectivity index (χ1n) is 11.0. The molecular weight excluding hydrogens is 336 g/mol. The lowest BCUT2D eigenvalue weighted by molar-refractivity contribution is -0.121.